The fraction of sp³-hybridized carbons (Fsp3) is 0.412. The molecule has 0 spiro atoms. The van der Waals surface area contributed by atoms with Crippen LogP contribution in [0.4, 0.5) is 0 Å². The lowest BCUT2D eigenvalue weighted by molar-refractivity contribution is 0.391. The van der Waals surface area contributed by atoms with Crippen LogP contribution in [0.15, 0.2) is 27.7 Å². The molecule has 5 nitrogen and oxygen atoms in total. The summed E-state index contributed by atoms with van der Waals surface area (Å²) in [5.41, 5.74) is 3.03. The van der Waals surface area contributed by atoms with Gasteiger partial charge in [-0.25, -0.2) is 0 Å². The van der Waals surface area contributed by atoms with Crippen LogP contribution in [0.3, 0.4) is 0 Å². The second kappa shape index (κ2) is 10.2. The van der Waals surface area contributed by atoms with Gasteiger partial charge in [-0.15, -0.1) is 24.0 Å². The Bertz CT molecular complexity index is 714. The molecule has 0 bridgehead atoms. The second-order valence-electron chi connectivity index (χ2n) is 5.68. The topological polar surface area (TPSA) is 62.5 Å². The number of guanidine groups is 1. The largest absolute Gasteiger partial charge is 0.361 e. The monoisotopic (exact) mass is 496 g/mol. The first-order valence-corrected chi connectivity index (χ1v) is 8.49. The van der Waals surface area contributed by atoms with E-state index >= 15 is 0 Å². The second-order valence-corrected chi connectivity index (χ2v) is 6.52. The van der Waals surface area contributed by atoms with Crippen molar-refractivity contribution in [2.45, 2.75) is 33.2 Å². The molecule has 0 amide bonds. The minimum Gasteiger partial charge on any atom is -0.361 e. The first-order valence-electron chi connectivity index (χ1n) is 7.73. The zero-order chi connectivity index (χ0) is 17.7. The van der Waals surface area contributed by atoms with E-state index in [4.69, 9.17) is 27.7 Å². The fourth-order valence-corrected chi connectivity index (χ4v) is 3.09. The summed E-state index contributed by atoms with van der Waals surface area (Å²) in [6, 6.07) is 5.45. The SMILES string of the molecule is CN=C(NCc1ccc(Cl)cc1Cl)NCC(C)c1c(C)noc1C.I. The van der Waals surface area contributed by atoms with Gasteiger partial charge in [-0.3, -0.25) is 4.99 Å². The van der Waals surface area contributed by atoms with Crippen LogP contribution >= 0.6 is 47.2 Å². The molecule has 2 aromatic rings. The molecule has 1 atom stereocenters. The molecule has 0 aliphatic heterocycles. The highest BCUT2D eigenvalue weighted by Gasteiger charge is 2.16. The highest BCUT2D eigenvalue weighted by atomic mass is 127. The van der Waals surface area contributed by atoms with Crippen LogP contribution in [-0.2, 0) is 6.54 Å². The van der Waals surface area contributed by atoms with Crippen molar-refractivity contribution in [1.29, 1.82) is 0 Å². The molecule has 0 fully saturated rings. The Morgan fingerprint density at radius 1 is 1.28 bits per heavy atom. The normalized spacial score (nSPS) is 12.5. The van der Waals surface area contributed by atoms with Crippen molar-refractivity contribution >= 4 is 53.1 Å². The minimum absolute atomic E-state index is 0. The van der Waals surface area contributed by atoms with Crippen molar-refractivity contribution in [3.05, 3.63) is 50.8 Å². The van der Waals surface area contributed by atoms with Gasteiger partial charge >= 0.3 is 0 Å². The van der Waals surface area contributed by atoms with Crippen LogP contribution in [0, 0.1) is 13.8 Å². The van der Waals surface area contributed by atoms with E-state index < -0.39 is 0 Å². The Balaban J connectivity index is 0.00000312. The van der Waals surface area contributed by atoms with Crippen molar-refractivity contribution in [3.8, 4) is 0 Å². The molecule has 1 unspecified atom stereocenters. The first kappa shape index (κ1) is 22.1. The van der Waals surface area contributed by atoms with E-state index in [0.29, 0.717) is 22.5 Å². The number of benzene rings is 1. The molecule has 1 aromatic carbocycles. The Hall–Kier alpha value is -0.990. The number of aryl methyl sites for hydroxylation is 2. The maximum atomic E-state index is 6.18. The average Bonchev–Trinajstić information content (AvgIpc) is 2.87. The fourth-order valence-electron chi connectivity index (χ4n) is 2.61. The summed E-state index contributed by atoms with van der Waals surface area (Å²) in [6.07, 6.45) is 0. The van der Waals surface area contributed by atoms with E-state index in [9.17, 15) is 0 Å². The summed E-state index contributed by atoms with van der Waals surface area (Å²) < 4.78 is 5.23. The molecule has 0 aliphatic rings. The molecule has 138 valence electrons. The molecule has 8 heteroatoms. The van der Waals surface area contributed by atoms with Crippen LogP contribution < -0.4 is 10.6 Å². The van der Waals surface area contributed by atoms with Crippen LogP contribution in [0.5, 0.6) is 0 Å². The zero-order valence-corrected chi connectivity index (χ0v) is 18.5. The maximum Gasteiger partial charge on any atom is 0.191 e. The van der Waals surface area contributed by atoms with E-state index in [1.165, 1.54) is 0 Å². The summed E-state index contributed by atoms with van der Waals surface area (Å²) in [7, 11) is 1.74. The summed E-state index contributed by atoms with van der Waals surface area (Å²) in [5.74, 6) is 1.83. The van der Waals surface area contributed by atoms with Gasteiger partial charge in [0.05, 0.1) is 5.69 Å². The molecule has 25 heavy (non-hydrogen) atoms. The lowest BCUT2D eigenvalue weighted by Crippen LogP contribution is -2.38. The lowest BCUT2D eigenvalue weighted by atomic mass is 10.00. The highest BCUT2D eigenvalue weighted by molar-refractivity contribution is 14.0. The molecule has 0 saturated heterocycles. The van der Waals surface area contributed by atoms with Gasteiger partial charge in [-0.2, -0.15) is 0 Å². The summed E-state index contributed by atoms with van der Waals surface area (Å²) in [4.78, 5) is 4.23. The summed E-state index contributed by atoms with van der Waals surface area (Å²) >= 11 is 12.1. The highest BCUT2D eigenvalue weighted by Crippen LogP contribution is 2.22. The molecular weight excluding hydrogens is 474 g/mol. The van der Waals surface area contributed by atoms with Gasteiger partial charge in [0.15, 0.2) is 5.96 Å². The predicted octanol–water partition coefficient (Wildman–Crippen LogP) is 4.68. The number of halogens is 3. The third-order valence-corrected chi connectivity index (χ3v) is 4.43. The number of hydrogen-bond acceptors (Lipinski definition) is 3. The number of aliphatic imine (C=N–C) groups is 1. The van der Waals surface area contributed by atoms with Gasteiger partial charge in [0.25, 0.3) is 0 Å². The van der Waals surface area contributed by atoms with Crippen molar-refractivity contribution in [1.82, 2.24) is 15.8 Å². The molecule has 0 saturated carbocycles. The standard InChI is InChI=1S/C17H22Cl2N4O.HI/c1-10(16-11(2)23-24-12(16)3)8-21-17(20-4)22-9-13-5-6-14(18)7-15(13)19;/h5-7,10H,8-9H2,1-4H3,(H2,20,21,22);1H. The Morgan fingerprint density at radius 3 is 2.56 bits per heavy atom. The Morgan fingerprint density at radius 2 is 2.00 bits per heavy atom. The van der Waals surface area contributed by atoms with Crippen LogP contribution in [0.2, 0.25) is 10.0 Å². The van der Waals surface area contributed by atoms with Gasteiger partial charge < -0.3 is 15.2 Å². The Labute approximate surface area is 175 Å². The maximum absolute atomic E-state index is 6.18. The van der Waals surface area contributed by atoms with E-state index in [-0.39, 0.29) is 29.9 Å². The molecule has 2 N–H and O–H groups in total. The van der Waals surface area contributed by atoms with Crippen LogP contribution in [0.25, 0.3) is 0 Å². The summed E-state index contributed by atoms with van der Waals surface area (Å²) in [6.45, 7) is 7.30. The molecule has 1 heterocycles. The van der Waals surface area contributed by atoms with Crippen LogP contribution in [0.1, 0.15) is 35.4 Å². The van der Waals surface area contributed by atoms with E-state index in [1.54, 1.807) is 13.1 Å². The summed E-state index contributed by atoms with van der Waals surface area (Å²) in [5, 5.41) is 11.8. The van der Waals surface area contributed by atoms with Gasteiger partial charge in [-0.05, 0) is 31.5 Å². The van der Waals surface area contributed by atoms with E-state index in [2.05, 4.69) is 27.7 Å². The molecule has 0 aliphatic carbocycles. The quantitative estimate of drug-likeness (QED) is 0.358. The van der Waals surface area contributed by atoms with Crippen molar-refractivity contribution in [2.75, 3.05) is 13.6 Å². The lowest BCUT2D eigenvalue weighted by Gasteiger charge is -2.16. The average molecular weight is 497 g/mol. The number of hydrogen-bond donors (Lipinski definition) is 2. The van der Waals surface area contributed by atoms with Gasteiger partial charge in [0, 0.05) is 41.7 Å². The molecule has 2 rings (SSSR count). The molecular formula is C17H23Cl2IN4O. The van der Waals surface area contributed by atoms with Gasteiger partial charge in [-0.1, -0.05) is 41.3 Å². The first-order chi connectivity index (χ1) is 11.4. The Kier molecular flexibility index (Phi) is 9.02. The smallest absolute Gasteiger partial charge is 0.191 e. The number of rotatable bonds is 5. The predicted molar refractivity (Wildman–Crippen MR) is 114 cm³/mol. The van der Waals surface area contributed by atoms with Gasteiger partial charge in [0.2, 0.25) is 0 Å². The molecule has 0 radical (unpaired) electrons. The number of nitrogens with one attached hydrogen (secondary N) is 2. The minimum atomic E-state index is 0. The van der Waals surface area contributed by atoms with E-state index in [1.807, 2.05) is 26.0 Å². The van der Waals surface area contributed by atoms with E-state index in [0.717, 1.165) is 29.1 Å². The third kappa shape index (κ3) is 6.04. The van der Waals surface area contributed by atoms with Crippen molar-refractivity contribution in [3.63, 3.8) is 0 Å². The number of nitrogens with zero attached hydrogens (tertiary/aromatic N) is 2. The number of aromatic nitrogens is 1. The van der Waals surface area contributed by atoms with Crippen molar-refractivity contribution < 1.29 is 4.52 Å². The third-order valence-electron chi connectivity index (χ3n) is 3.84. The van der Waals surface area contributed by atoms with Gasteiger partial charge in [0.1, 0.15) is 5.76 Å². The zero-order valence-electron chi connectivity index (χ0n) is 14.7. The molecule has 1 aromatic heterocycles. The van der Waals surface area contributed by atoms with Crippen LogP contribution in [-0.4, -0.2) is 24.7 Å². The van der Waals surface area contributed by atoms with Crippen molar-refractivity contribution in [2.24, 2.45) is 4.99 Å².